The summed E-state index contributed by atoms with van der Waals surface area (Å²) >= 11 is 0. The summed E-state index contributed by atoms with van der Waals surface area (Å²) in [4.78, 5) is 39.8. The van der Waals surface area contributed by atoms with Crippen molar-refractivity contribution in [2.75, 3.05) is 6.54 Å². The number of amides is 3. The molecule has 1 aliphatic carbocycles. The highest BCUT2D eigenvalue weighted by Gasteiger charge is 2.55. The molecular weight excluding hydrogens is 370 g/mol. The summed E-state index contributed by atoms with van der Waals surface area (Å²) in [5, 5.41) is 2.90. The molecule has 154 valence electrons. The lowest BCUT2D eigenvalue weighted by Crippen LogP contribution is -2.54. The number of nitrogens with one attached hydrogen (secondary N) is 1. The van der Waals surface area contributed by atoms with E-state index in [0.717, 1.165) is 41.3 Å². The molecule has 0 radical (unpaired) electrons. The van der Waals surface area contributed by atoms with Gasteiger partial charge in [-0.05, 0) is 50.8 Å². The van der Waals surface area contributed by atoms with Crippen LogP contribution in [0.2, 0.25) is 0 Å². The molecule has 7 heteroatoms. The second-order valence-electron chi connectivity index (χ2n) is 8.31. The molecule has 2 aromatic heterocycles. The number of Topliss-reactive ketones (excluding diaryl/α,β-unsaturated/α-hetero) is 1. The first-order chi connectivity index (χ1) is 13.8. The third kappa shape index (κ3) is 3.18. The number of carbonyl (C=O) groups is 3. The minimum atomic E-state index is -0.841. The van der Waals surface area contributed by atoms with Crippen molar-refractivity contribution in [2.24, 2.45) is 5.92 Å². The first-order valence-electron chi connectivity index (χ1n) is 10.2. The van der Waals surface area contributed by atoms with Gasteiger partial charge in [0.2, 0.25) is 0 Å². The van der Waals surface area contributed by atoms with E-state index >= 15 is 0 Å². The second kappa shape index (κ2) is 7.21. The van der Waals surface area contributed by atoms with Crippen molar-refractivity contribution in [2.45, 2.75) is 58.5 Å². The van der Waals surface area contributed by atoms with Crippen LogP contribution in [0, 0.1) is 19.8 Å². The highest BCUT2D eigenvalue weighted by Crippen LogP contribution is 2.38. The van der Waals surface area contributed by atoms with E-state index in [0.29, 0.717) is 18.5 Å². The van der Waals surface area contributed by atoms with E-state index in [1.165, 1.54) is 0 Å². The van der Waals surface area contributed by atoms with Gasteiger partial charge in [0.05, 0.1) is 19.4 Å². The van der Waals surface area contributed by atoms with Crippen molar-refractivity contribution in [1.29, 1.82) is 0 Å². The van der Waals surface area contributed by atoms with Crippen molar-refractivity contribution >= 4 is 17.7 Å². The topological polar surface area (TPSA) is 84.5 Å². The molecule has 3 heterocycles. The monoisotopic (exact) mass is 397 g/mol. The summed E-state index contributed by atoms with van der Waals surface area (Å²) < 4.78 is 7.42. The standard InChI is InChI=1S/C22H27N3O4/c1-14-7-4-5-9-22(14)20(27)25(21(28)23-22)13-19(26)18-11-15(2)24(16(18)3)12-17-8-6-10-29-17/h6,8,10-11,14H,4-5,7,9,12-13H2,1-3H3,(H,23,28)/t14-,22-/m0/s1. The summed E-state index contributed by atoms with van der Waals surface area (Å²) in [7, 11) is 0. The number of furan rings is 1. The molecule has 0 bridgehead atoms. The fourth-order valence-electron chi connectivity index (χ4n) is 4.75. The predicted octanol–water partition coefficient (Wildman–Crippen LogP) is 3.43. The first kappa shape index (κ1) is 19.5. The number of hydrogen-bond donors (Lipinski definition) is 1. The van der Waals surface area contributed by atoms with Gasteiger partial charge in [0, 0.05) is 17.0 Å². The second-order valence-corrected chi connectivity index (χ2v) is 8.31. The van der Waals surface area contributed by atoms with Gasteiger partial charge in [-0.2, -0.15) is 0 Å². The van der Waals surface area contributed by atoms with Gasteiger partial charge in [-0.1, -0.05) is 19.8 Å². The molecule has 2 fully saturated rings. The first-order valence-corrected chi connectivity index (χ1v) is 10.2. The number of nitrogens with zero attached hydrogens (tertiary/aromatic N) is 2. The number of aryl methyl sites for hydroxylation is 1. The SMILES string of the molecule is Cc1cc(C(=O)CN2C(=O)N[C@]3(CCCC[C@@H]3C)C2=O)c(C)n1Cc1ccco1. The zero-order valence-electron chi connectivity index (χ0n) is 17.2. The molecule has 1 N–H and O–H groups in total. The summed E-state index contributed by atoms with van der Waals surface area (Å²) in [5.41, 5.74) is 1.42. The summed E-state index contributed by atoms with van der Waals surface area (Å²) in [6.07, 6.45) is 5.14. The fraction of sp³-hybridized carbons (Fsp3) is 0.500. The molecule has 0 aromatic carbocycles. The van der Waals surface area contributed by atoms with Gasteiger partial charge in [0.1, 0.15) is 11.3 Å². The molecule has 0 unspecified atom stereocenters. The van der Waals surface area contributed by atoms with Crippen molar-refractivity contribution in [3.8, 4) is 0 Å². The van der Waals surface area contributed by atoms with Crippen LogP contribution in [0.4, 0.5) is 4.79 Å². The number of aromatic nitrogens is 1. The zero-order valence-corrected chi connectivity index (χ0v) is 17.2. The van der Waals surface area contributed by atoms with Gasteiger partial charge in [0.25, 0.3) is 5.91 Å². The molecule has 2 atom stereocenters. The molecular formula is C22H27N3O4. The average molecular weight is 397 g/mol. The summed E-state index contributed by atoms with van der Waals surface area (Å²) in [5.74, 6) is 0.388. The minimum Gasteiger partial charge on any atom is -0.467 e. The molecule has 2 aliphatic rings. The Morgan fingerprint density at radius 1 is 1.31 bits per heavy atom. The van der Waals surface area contributed by atoms with Crippen LogP contribution in [-0.4, -0.2) is 39.3 Å². The Kier molecular flexibility index (Phi) is 4.84. The number of urea groups is 1. The van der Waals surface area contributed by atoms with Crippen LogP contribution < -0.4 is 5.32 Å². The third-order valence-corrected chi connectivity index (χ3v) is 6.57. The van der Waals surface area contributed by atoms with E-state index in [1.807, 2.05) is 43.5 Å². The molecule has 1 saturated heterocycles. The molecule has 7 nitrogen and oxygen atoms in total. The Hall–Kier alpha value is -2.83. The van der Waals surface area contributed by atoms with Crippen molar-refractivity contribution in [1.82, 2.24) is 14.8 Å². The van der Waals surface area contributed by atoms with Crippen LogP contribution in [0.25, 0.3) is 0 Å². The Balaban J connectivity index is 1.54. The largest absolute Gasteiger partial charge is 0.467 e. The quantitative estimate of drug-likeness (QED) is 0.619. The van der Waals surface area contributed by atoms with Crippen LogP contribution in [-0.2, 0) is 11.3 Å². The van der Waals surface area contributed by atoms with E-state index in [1.54, 1.807) is 6.26 Å². The summed E-state index contributed by atoms with van der Waals surface area (Å²) in [6, 6.07) is 5.08. The zero-order chi connectivity index (χ0) is 20.8. The highest BCUT2D eigenvalue weighted by atomic mass is 16.3. The Bertz CT molecular complexity index is 959. The van der Waals surface area contributed by atoms with E-state index in [-0.39, 0.29) is 24.2 Å². The minimum absolute atomic E-state index is 0.0751. The van der Waals surface area contributed by atoms with Crippen LogP contribution in [0.3, 0.4) is 0 Å². The van der Waals surface area contributed by atoms with Crippen LogP contribution in [0.15, 0.2) is 28.9 Å². The van der Waals surface area contributed by atoms with E-state index in [2.05, 4.69) is 5.32 Å². The summed E-state index contributed by atoms with van der Waals surface area (Å²) in [6.45, 7) is 6.11. The van der Waals surface area contributed by atoms with Crippen LogP contribution in [0.1, 0.15) is 60.1 Å². The lowest BCUT2D eigenvalue weighted by Gasteiger charge is -2.36. The molecule has 4 rings (SSSR count). The highest BCUT2D eigenvalue weighted by molar-refractivity contribution is 6.11. The van der Waals surface area contributed by atoms with Gasteiger partial charge >= 0.3 is 6.03 Å². The Morgan fingerprint density at radius 3 is 2.79 bits per heavy atom. The van der Waals surface area contributed by atoms with Crippen molar-refractivity contribution < 1.29 is 18.8 Å². The smallest absolute Gasteiger partial charge is 0.325 e. The Labute approximate surface area is 170 Å². The normalized spacial score (nSPS) is 24.4. The molecule has 1 spiro atoms. The maximum Gasteiger partial charge on any atom is 0.325 e. The van der Waals surface area contributed by atoms with Crippen molar-refractivity contribution in [3.05, 3.63) is 47.2 Å². The molecule has 29 heavy (non-hydrogen) atoms. The molecule has 1 saturated carbocycles. The van der Waals surface area contributed by atoms with E-state index < -0.39 is 11.6 Å². The number of rotatable bonds is 5. The molecule has 3 amide bonds. The predicted molar refractivity (Wildman–Crippen MR) is 107 cm³/mol. The fourth-order valence-corrected chi connectivity index (χ4v) is 4.75. The van der Waals surface area contributed by atoms with Crippen molar-refractivity contribution in [3.63, 3.8) is 0 Å². The number of ketones is 1. The maximum absolute atomic E-state index is 13.1. The lowest BCUT2D eigenvalue weighted by atomic mass is 9.73. The molecule has 2 aromatic rings. The Morgan fingerprint density at radius 2 is 2.10 bits per heavy atom. The van der Waals surface area contributed by atoms with E-state index in [9.17, 15) is 14.4 Å². The lowest BCUT2D eigenvalue weighted by molar-refractivity contribution is -0.133. The van der Waals surface area contributed by atoms with Gasteiger partial charge in [0.15, 0.2) is 5.78 Å². The third-order valence-electron chi connectivity index (χ3n) is 6.57. The van der Waals surface area contributed by atoms with Crippen LogP contribution in [0.5, 0.6) is 0 Å². The van der Waals surface area contributed by atoms with Gasteiger partial charge in [-0.3, -0.25) is 14.5 Å². The number of carbonyl (C=O) groups excluding carboxylic acids is 3. The van der Waals surface area contributed by atoms with E-state index in [4.69, 9.17) is 4.42 Å². The van der Waals surface area contributed by atoms with Gasteiger partial charge < -0.3 is 14.3 Å². The average Bonchev–Trinajstić information content (AvgIpc) is 3.36. The number of hydrogen-bond acceptors (Lipinski definition) is 4. The molecule has 1 aliphatic heterocycles. The van der Waals surface area contributed by atoms with Gasteiger partial charge in [-0.15, -0.1) is 0 Å². The number of imide groups is 1. The maximum atomic E-state index is 13.1. The van der Waals surface area contributed by atoms with Crippen LogP contribution >= 0.6 is 0 Å². The van der Waals surface area contributed by atoms with Gasteiger partial charge in [-0.25, -0.2) is 4.79 Å².